The average Bonchev–Trinajstić information content (AvgIpc) is 2.18. The van der Waals surface area contributed by atoms with Crippen molar-refractivity contribution in [3.8, 4) is 0 Å². The molecule has 4 heteroatoms. The predicted octanol–water partition coefficient (Wildman–Crippen LogP) is 2.29. The van der Waals surface area contributed by atoms with Gasteiger partial charge in [0, 0.05) is 24.9 Å². The van der Waals surface area contributed by atoms with Gasteiger partial charge in [-0.1, -0.05) is 32.5 Å². The van der Waals surface area contributed by atoms with E-state index in [2.05, 4.69) is 52.0 Å². The summed E-state index contributed by atoms with van der Waals surface area (Å²) in [4.78, 5) is 6.96. The van der Waals surface area contributed by atoms with Crippen LogP contribution in [-0.2, 0) is 0 Å². The van der Waals surface area contributed by atoms with Crippen LogP contribution >= 0.6 is 11.8 Å². The van der Waals surface area contributed by atoms with Crippen LogP contribution in [0.3, 0.4) is 0 Å². The van der Waals surface area contributed by atoms with Gasteiger partial charge in [0.05, 0.1) is 0 Å². The molecule has 0 aromatic heterocycles. The molecule has 0 aromatic rings. The summed E-state index contributed by atoms with van der Waals surface area (Å²) >= 11 is 1.86. The molecule has 1 rings (SSSR count). The third kappa shape index (κ3) is 5.30. The van der Waals surface area contributed by atoms with E-state index in [0.717, 1.165) is 24.2 Å². The molecule has 17 heavy (non-hydrogen) atoms. The zero-order valence-electron chi connectivity index (χ0n) is 12.1. The molecule has 2 unspecified atom stereocenters. The molecule has 3 nitrogen and oxygen atoms in total. The Kier molecular flexibility index (Phi) is 5.32. The van der Waals surface area contributed by atoms with Gasteiger partial charge in [-0.3, -0.25) is 4.99 Å². The van der Waals surface area contributed by atoms with E-state index in [-0.39, 0.29) is 5.41 Å². The van der Waals surface area contributed by atoms with Gasteiger partial charge in [0.25, 0.3) is 0 Å². The Morgan fingerprint density at radius 1 is 1.41 bits per heavy atom. The van der Waals surface area contributed by atoms with E-state index >= 15 is 0 Å². The second-order valence-electron chi connectivity index (χ2n) is 6.24. The maximum atomic E-state index is 4.73. The van der Waals surface area contributed by atoms with Gasteiger partial charge in [0.2, 0.25) is 0 Å². The van der Waals surface area contributed by atoms with E-state index in [1.54, 1.807) is 0 Å². The van der Waals surface area contributed by atoms with Crippen LogP contribution in [0, 0.1) is 11.3 Å². The van der Waals surface area contributed by atoms with Crippen molar-refractivity contribution in [2.75, 3.05) is 32.9 Å². The van der Waals surface area contributed by atoms with Crippen molar-refractivity contribution in [3.63, 3.8) is 0 Å². The summed E-state index contributed by atoms with van der Waals surface area (Å²) in [6.45, 7) is 11.0. The molecule has 0 aliphatic carbocycles. The van der Waals surface area contributed by atoms with Crippen LogP contribution in [0.1, 0.15) is 27.7 Å². The molecular weight excluding hydrogens is 230 g/mol. The van der Waals surface area contributed by atoms with Gasteiger partial charge in [-0.25, -0.2) is 0 Å². The first kappa shape index (κ1) is 14.8. The molecule has 0 amide bonds. The lowest BCUT2D eigenvalue weighted by atomic mass is 9.93. The zero-order valence-corrected chi connectivity index (χ0v) is 12.9. The summed E-state index contributed by atoms with van der Waals surface area (Å²) in [6, 6.07) is 0.548. The maximum absolute atomic E-state index is 4.73. The highest BCUT2D eigenvalue weighted by Gasteiger charge is 2.22. The summed E-state index contributed by atoms with van der Waals surface area (Å²) < 4.78 is 0. The van der Waals surface area contributed by atoms with Crippen molar-refractivity contribution < 1.29 is 0 Å². The minimum atomic E-state index is 0.241. The Morgan fingerprint density at radius 2 is 2.06 bits per heavy atom. The lowest BCUT2D eigenvalue weighted by molar-refractivity contribution is 0.249. The smallest absolute Gasteiger partial charge is 0.156 e. The molecule has 1 N–H and O–H groups in total. The molecular formula is C13H27N3S. The molecule has 1 saturated heterocycles. The molecule has 0 spiro atoms. The number of nitrogens with one attached hydrogen (secondary N) is 1. The topological polar surface area (TPSA) is 27.6 Å². The fraction of sp³-hybridized carbons (Fsp3) is 0.923. The first-order valence-electron chi connectivity index (χ1n) is 6.39. The van der Waals surface area contributed by atoms with Gasteiger partial charge in [-0.15, -0.1) is 0 Å². The molecule has 1 aliphatic heterocycles. The Labute approximate surface area is 110 Å². The minimum absolute atomic E-state index is 0.241. The molecule has 1 fully saturated rings. The van der Waals surface area contributed by atoms with Gasteiger partial charge < -0.3 is 10.2 Å². The molecule has 2 atom stereocenters. The van der Waals surface area contributed by atoms with Crippen molar-refractivity contribution in [2.45, 2.75) is 33.7 Å². The first-order valence-corrected chi connectivity index (χ1v) is 7.37. The molecule has 1 aliphatic rings. The summed E-state index contributed by atoms with van der Waals surface area (Å²) in [5, 5.41) is 4.62. The fourth-order valence-corrected chi connectivity index (χ4v) is 3.15. The van der Waals surface area contributed by atoms with E-state index in [1.807, 2.05) is 11.8 Å². The summed E-state index contributed by atoms with van der Waals surface area (Å²) in [5.41, 5.74) is 0.241. The van der Waals surface area contributed by atoms with Gasteiger partial charge >= 0.3 is 0 Å². The first-order chi connectivity index (χ1) is 7.80. The maximum Gasteiger partial charge on any atom is 0.156 e. The summed E-state index contributed by atoms with van der Waals surface area (Å²) in [5.74, 6) is 1.91. The number of rotatable bonds is 4. The summed E-state index contributed by atoms with van der Waals surface area (Å²) in [6.07, 6.45) is 0. The Balaban J connectivity index is 2.48. The molecule has 0 radical (unpaired) electrons. The van der Waals surface area contributed by atoms with E-state index in [9.17, 15) is 0 Å². The molecule has 0 aromatic carbocycles. The number of aliphatic imine (C=N–C) groups is 1. The van der Waals surface area contributed by atoms with Gasteiger partial charge in [0.1, 0.15) is 0 Å². The average molecular weight is 257 g/mol. The fourth-order valence-electron chi connectivity index (χ4n) is 2.02. The number of thioether (sulfide) groups is 1. The third-order valence-corrected chi connectivity index (χ3v) is 4.30. The van der Waals surface area contributed by atoms with Crippen LogP contribution in [0.15, 0.2) is 4.99 Å². The van der Waals surface area contributed by atoms with E-state index in [4.69, 9.17) is 4.99 Å². The van der Waals surface area contributed by atoms with Gasteiger partial charge in [-0.05, 0) is 32.4 Å². The monoisotopic (exact) mass is 257 g/mol. The van der Waals surface area contributed by atoms with Crippen molar-refractivity contribution in [3.05, 3.63) is 0 Å². The number of hydrogen-bond donors (Lipinski definition) is 1. The van der Waals surface area contributed by atoms with Crippen molar-refractivity contribution in [1.82, 2.24) is 10.2 Å². The van der Waals surface area contributed by atoms with Crippen molar-refractivity contribution >= 4 is 16.9 Å². The Hall–Kier alpha value is -0.220. The molecule has 1 heterocycles. The van der Waals surface area contributed by atoms with Crippen LogP contribution < -0.4 is 5.32 Å². The third-order valence-electron chi connectivity index (χ3n) is 3.08. The normalized spacial score (nSPS) is 28.5. The summed E-state index contributed by atoms with van der Waals surface area (Å²) in [7, 11) is 4.23. The Morgan fingerprint density at radius 3 is 2.59 bits per heavy atom. The number of hydrogen-bond acceptors (Lipinski definition) is 3. The van der Waals surface area contributed by atoms with Crippen LogP contribution in [0.5, 0.6) is 0 Å². The second kappa shape index (κ2) is 6.10. The van der Waals surface area contributed by atoms with Gasteiger partial charge in [-0.2, -0.15) is 0 Å². The van der Waals surface area contributed by atoms with E-state index in [1.165, 1.54) is 5.75 Å². The highest BCUT2D eigenvalue weighted by Crippen LogP contribution is 2.21. The lowest BCUT2D eigenvalue weighted by Crippen LogP contribution is -2.42. The minimum Gasteiger partial charge on any atom is -0.362 e. The van der Waals surface area contributed by atoms with Crippen molar-refractivity contribution in [1.29, 1.82) is 0 Å². The van der Waals surface area contributed by atoms with Crippen molar-refractivity contribution in [2.24, 2.45) is 16.3 Å². The quantitative estimate of drug-likeness (QED) is 0.837. The van der Waals surface area contributed by atoms with Crippen LogP contribution in [0.2, 0.25) is 0 Å². The lowest BCUT2D eigenvalue weighted by Gasteiger charge is -2.30. The highest BCUT2D eigenvalue weighted by molar-refractivity contribution is 8.13. The van der Waals surface area contributed by atoms with E-state index < -0.39 is 0 Å². The Bertz CT molecular complexity index is 274. The highest BCUT2D eigenvalue weighted by atomic mass is 32.2. The molecule has 0 saturated carbocycles. The number of amidine groups is 1. The molecule has 100 valence electrons. The zero-order chi connectivity index (χ0) is 13.1. The number of nitrogens with zero attached hydrogens (tertiary/aromatic N) is 2. The van der Waals surface area contributed by atoms with Crippen LogP contribution in [0.4, 0.5) is 0 Å². The van der Waals surface area contributed by atoms with Gasteiger partial charge in [0.15, 0.2) is 5.17 Å². The van der Waals surface area contributed by atoms with E-state index in [0.29, 0.717) is 6.04 Å². The largest absolute Gasteiger partial charge is 0.362 e. The molecule has 0 bridgehead atoms. The predicted molar refractivity (Wildman–Crippen MR) is 78.9 cm³/mol. The van der Waals surface area contributed by atoms with Crippen LogP contribution in [-0.4, -0.2) is 49.0 Å². The SMILES string of the molecule is CC1CSC(=NCC(C)(C)CN(C)C)NC1C. The standard InChI is InChI=1S/C13H27N3S/c1-10-7-17-12(15-11(10)2)14-8-13(3,4)9-16(5)6/h10-11H,7-9H2,1-6H3,(H,14,15). The second-order valence-corrected chi connectivity index (χ2v) is 7.25. The van der Waals surface area contributed by atoms with Crippen LogP contribution in [0.25, 0.3) is 0 Å².